The zero-order valence-electron chi connectivity index (χ0n) is 9.41. The highest BCUT2D eigenvalue weighted by Crippen LogP contribution is 2.26. The number of hydrogen-bond acceptors (Lipinski definition) is 3. The van der Waals surface area contributed by atoms with Gasteiger partial charge in [0, 0.05) is 37.8 Å². The second-order valence-electron chi connectivity index (χ2n) is 4.15. The first kappa shape index (κ1) is 10.7. The fourth-order valence-corrected chi connectivity index (χ4v) is 2.29. The summed E-state index contributed by atoms with van der Waals surface area (Å²) in [5.74, 6) is 0. The molecule has 1 aliphatic heterocycles. The first-order valence-electron chi connectivity index (χ1n) is 5.88. The Bertz CT molecular complexity index is 265. The maximum absolute atomic E-state index is 5.19. The van der Waals surface area contributed by atoms with E-state index in [1.807, 2.05) is 6.26 Å². The molecule has 0 aromatic carbocycles. The van der Waals surface area contributed by atoms with E-state index >= 15 is 0 Å². The van der Waals surface area contributed by atoms with Crippen LogP contribution in [0.25, 0.3) is 0 Å². The van der Waals surface area contributed by atoms with Crippen molar-refractivity contribution in [3.63, 3.8) is 0 Å². The minimum atomic E-state index is 0.552. The molecule has 2 rings (SSSR count). The summed E-state index contributed by atoms with van der Waals surface area (Å²) in [6, 6.07) is 2.65. The molecule has 84 valence electrons. The molecule has 1 aromatic rings. The van der Waals surface area contributed by atoms with E-state index in [-0.39, 0.29) is 0 Å². The average molecular weight is 208 g/mol. The van der Waals surface area contributed by atoms with Gasteiger partial charge in [0.1, 0.15) is 0 Å². The van der Waals surface area contributed by atoms with Gasteiger partial charge >= 0.3 is 0 Å². The van der Waals surface area contributed by atoms with Gasteiger partial charge in [-0.2, -0.15) is 0 Å². The van der Waals surface area contributed by atoms with Crippen molar-refractivity contribution in [3.8, 4) is 0 Å². The number of furan rings is 1. The third kappa shape index (κ3) is 2.61. The molecule has 0 spiro atoms. The van der Waals surface area contributed by atoms with Gasteiger partial charge in [0.2, 0.25) is 0 Å². The van der Waals surface area contributed by atoms with Crippen LogP contribution in [0, 0.1) is 0 Å². The largest absolute Gasteiger partial charge is 0.472 e. The Morgan fingerprint density at radius 1 is 1.47 bits per heavy atom. The smallest absolute Gasteiger partial charge is 0.0950 e. The molecule has 15 heavy (non-hydrogen) atoms. The fourth-order valence-electron chi connectivity index (χ4n) is 2.29. The maximum Gasteiger partial charge on any atom is 0.0950 e. The van der Waals surface area contributed by atoms with Crippen molar-refractivity contribution in [3.05, 3.63) is 24.2 Å². The molecule has 0 amide bonds. The van der Waals surface area contributed by atoms with Gasteiger partial charge in [-0.3, -0.25) is 4.90 Å². The van der Waals surface area contributed by atoms with Crippen LogP contribution >= 0.6 is 0 Å². The maximum atomic E-state index is 5.19. The molecule has 0 radical (unpaired) electrons. The molecular weight excluding hydrogens is 188 g/mol. The van der Waals surface area contributed by atoms with Crippen molar-refractivity contribution >= 4 is 0 Å². The number of rotatable bonds is 4. The van der Waals surface area contributed by atoms with E-state index in [1.54, 1.807) is 6.26 Å². The van der Waals surface area contributed by atoms with Crippen molar-refractivity contribution in [2.75, 3.05) is 26.2 Å². The van der Waals surface area contributed by atoms with Gasteiger partial charge < -0.3 is 9.73 Å². The van der Waals surface area contributed by atoms with Gasteiger partial charge in [-0.05, 0) is 12.5 Å². The molecule has 0 saturated carbocycles. The first-order valence-corrected chi connectivity index (χ1v) is 5.88. The second kappa shape index (κ2) is 5.33. The van der Waals surface area contributed by atoms with Crippen LogP contribution in [0.1, 0.15) is 31.4 Å². The van der Waals surface area contributed by atoms with Crippen LogP contribution in [-0.2, 0) is 0 Å². The predicted molar refractivity (Wildman–Crippen MR) is 60.8 cm³/mol. The van der Waals surface area contributed by atoms with E-state index in [0.29, 0.717) is 6.04 Å². The fraction of sp³-hybridized carbons (Fsp3) is 0.667. The summed E-state index contributed by atoms with van der Waals surface area (Å²) in [5, 5.41) is 3.39. The molecule has 2 heterocycles. The molecule has 1 fully saturated rings. The molecule has 1 aliphatic rings. The number of nitrogens with zero attached hydrogens (tertiary/aromatic N) is 1. The lowest BCUT2D eigenvalue weighted by Crippen LogP contribution is -2.45. The number of nitrogens with one attached hydrogen (secondary N) is 1. The number of piperazine rings is 1. The van der Waals surface area contributed by atoms with Crippen LogP contribution in [0.15, 0.2) is 23.0 Å². The van der Waals surface area contributed by atoms with Gasteiger partial charge in [0.25, 0.3) is 0 Å². The van der Waals surface area contributed by atoms with Crippen LogP contribution in [0.4, 0.5) is 0 Å². The molecule has 0 unspecified atom stereocenters. The van der Waals surface area contributed by atoms with E-state index in [0.717, 1.165) is 26.2 Å². The highest BCUT2D eigenvalue weighted by molar-refractivity contribution is 5.12. The molecule has 1 saturated heterocycles. The SMILES string of the molecule is CCC[C@H](c1ccoc1)N1CCNCC1. The second-order valence-corrected chi connectivity index (χ2v) is 4.15. The molecule has 3 nitrogen and oxygen atoms in total. The van der Waals surface area contributed by atoms with Crippen LogP contribution in [0.5, 0.6) is 0 Å². The third-order valence-electron chi connectivity index (χ3n) is 3.08. The molecule has 0 aliphatic carbocycles. The minimum absolute atomic E-state index is 0.552. The van der Waals surface area contributed by atoms with Gasteiger partial charge in [0.15, 0.2) is 0 Å². The summed E-state index contributed by atoms with van der Waals surface area (Å²) in [6.45, 7) is 6.76. The highest BCUT2D eigenvalue weighted by Gasteiger charge is 2.21. The predicted octanol–water partition coefficient (Wildman–Crippen LogP) is 2.03. The summed E-state index contributed by atoms with van der Waals surface area (Å²) < 4.78 is 5.19. The van der Waals surface area contributed by atoms with Gasteiger partial charge in [-0.15, -0.1) is 0 Å². The molecule has 1 N–H and O–H groups in total. The zero-order valence-corrected chi connectivity index (χ0v) is 9.41. The van der Waals surface area contributed by atoms with Crippen LogP contribution in [0.3, 0.4) is 0 Å². The monoisotopic (exact) mass is 208 g/mol. The number of hydrogen-bond donors (Lipinski definition) is 1. The Morgan fingerprint density at radius 3 is 2.87 bits per heavy atom. The molecule has 1 aromatic heterocycles. The molecule has 1 atom stereocenters. The van der Waals surface area contributed by atoms with Gasteiger partial charge in [-0.25, -0.2) is 0 Å². The summed E-state index contributed by atoms with van der Waals surface area (Å²) in [7, 11) is 0. The van der Waals surface area contributed by atoms with Crippen molar-refractivity contribution in [2.24, 2.45) is 0 Å². The highest BCUT2D eigenvalue weighted by atomic mass is 16.3. The molecular formula is C12H20N2O. The Balaban J connectivity index is 2.04. The van der Waals surface area contributed by atoms with Crippen LogP contribution in [0.2, 0.25) is 0 Å². The summed E-state index contributed by atoms with van der Waals surface area (Å²) >= 11 is 0. The lowest BCUT2D eigenvalue weighted by atomic mass is 10.0. The van der Waals surface area contributed by atoms with Crippen molar-refractivity contribution in [2.45, 2.75) is 25.8 Å². The molecule has 0 bridgehead atoms. The van der Waals surface area contributed by atoms with Gasteiger partial charge in [-0.1, -0.05) is 13.3 Å². The molecule has 3 heteroatoms. The van der Waals surface area contributed by atoms with Crippen molar-refractivity contribution in [1.82, 2.24) is 10.2 Å². The van der Waals surface area contributed by atoms with Crippen molar-refractivity contribution < 1.29 is 4.42 Å². The summed E-state index contributed by atoms with van der Waals surface area (Å²) in [4.78, 5) is 2.56. The standard InChI is InChI=1S/C12H20N2O/c1-2-3-12(11-4-9-15-10-11)14-7-5-13-6-8-14/h4,9-10,12-13H,2-3,5-8H2,1H3/t12-/m1/s1. The van der Waals surface area contributed by atoms with Gasteiger partial charge in [0.05, 0.1) is 12.5 Å². The Morgan fingerprint density at radius 2 is 2.27 bits per heavy atom. The Kier molecular flexibility index (Phi) is 3.80. The summed E-state index contributed by atoms with van der Waals surface area (Å²) in [5.41, 5.74) is 1.33. The quantitative estimate of drug-likeness (QED) is 0.820. The van der Waals surface area contributed by atoms with E-state index < -0.39 is 0 Å². The lowest BCUT2D eigenvalue weighted by Gasteiger charge is -2.34. The van der Waals surface area contributed by atoms with E-state index in [1.165, 1.54) is 18.4 Å². The normalized spacial score (nSPS) is 20.3. The van der Waals surface area contributed by atoms with Crippen molar-refractivity contribution in [1.29, 1.82) is 0 Å². The van der Waals surface area contributed by atoms with Crippen LogP contribution in [-0.4, -0.2) is 31.1 Å². The van der Waals surface area contributed by atoms with E-state index in [9.17, 15) is 0 Å². The van der Waals surface area contributed by atoms with E-state index in [2.05, 4.69) is 23.2 Å². The van der Waals surface area contributed by atoms with Crippen LogP contribution < -0.4 is 5.32 Å². The lowest BCUT2D eigenvalue weighted by molar-refractivity contribution is 0.164. The topological polar surface area (TPSA) is 28.4 Å². The average Bonchev–Trinajstić information content (AvgIpc) is 2.80. The third-order valence-corrected chi connectivity index (χ3v) is 3.08. The minimum Gasteiger partial charge on any atom is -0.472 e. The summed E-state index contributed by atoms with van der Waals surface area (Å²) in [6.07, 6.45) is 6.11. The Hall–Kier alpha value is -0.800. The zero-order chi connectivity index (χ0) is 10.5. The Labute approximate surface area is 91.4 Å². The first-order chi connectivity index (χ1) is 7.42. The van der Waals surface area contributed by atoms with E-state index in [4.69, 9.17) is 4.42 Å².